The van der Waals surface area contributed by atoms with E-state index in [4.69, 9.17) is 4.74 Å². The third-order valence-electron chi connectivity index (χ3n) is 2.91. The molecule has 0 aliphatic heterocycles. The lowest BCUT2D eigenvalue weighted by atomic mass is 10.1. The van der Waals surface area contributed by atoms with Crippen molar-refractivity contribution in [1.29, 1.82) is 0 Å². The maximum Gasteiger partial charge on any atom is 0.222 e. The van der Waals surface area contributed by atoms with Crippen LogP contribution in [0.15, 0.2) is 18.2 Å². The Hall–Kier alpha value is -1.26. The summed E-state index contributed by atoms with van der Waals surface area (Å²) in [6, 6.07) is 6.14. The molecule has 1 amide bonds. The summed E-state index contributed by atoms with van der Waals surface area (Å²) < 4.78 is 5.22. The predicted molar refractivity (Wildman–Crippen MR) is 84.5 cm³/mol. The highest BCUT2D eigenvalue weighted by Gasteiger charge is 2.04. The molecule has 0 saturated heterocycles. The number of hydrogen-bond donors (Lipinski definition) is 2. The second-order valence-electron chi connectivity index (χ2n) is 4.93. The van der Waals surface area contributed by atoms with E-state index < -0.39 is 0 Å². The SMILES string of the molecule is COc1ccc(CNCCNC(=O)C(C)C)cc1C.Cl. The molecule has 1 aromatic carbocycles. The standard InChI is InChI=1S/C15H24N2O2.ClH/c1-11(2)15(18)17-8-7-16-10-13-5-6-14(19-4)12(3)9-13;/h5-6,9,11,16H,7-8,10H2,1-4H3,(H,17,18);1H. The molecule has 0 saturated carbocycles. The van der Waals surface area contributed by atoms with Gasteiger partial charge in [-0.2, -0.15) is 0 Å². The molecule has 0 aromatic heterocycles. The molecule has 0 spiro atoms. The van der Waals surface area contributed by atoms with Crippen LogP contribution in [0.4, 0.5) is 0 Å². The quantitative estimate of drug-likeness (QED) is 0.760. The van der Waals surface area contributed by atoms with Crippen molar-refractivity contribution in [3.63, 3.8) is 0 Å². The van der Waals surface area contributed by atoms with Gasteiger partial charge < -0.3 is 15.4 Å². The van der Waals surface area contributed by atoms with Crippen molar-refractivity contribution >= 4 is 18.3 Å². The average Bonchev–Trinajstić information content (AvgIpc) is 2.38. The van der Waals surface area contributed by atoms with Gasteiger partial charge in [0.2, 0.25) is 5.91 Å². The minimum atomic E-state index is 0. The van der Waals surface area contributed by atoms with Crippen molar-refractivity contribution in [2.24, 2.45) is 5.92 Å². The first kappa shape index (κ1) is 18.7. The first-order chi connectivity index (χ1) is 9.04. The monoisotopic (exact) mass is 300 g/mol. The molecular weight excluding hydrogens is 276 g/mol. The fourth-order valence-electron chi connectivity index (χ4n) is 1.76. The molecule has 20 heavy (non-hydrogen) atoms. The highest BCUT2D eigenvalue weighted by atomic mass is 35.5. The Balaban J connectivity index is 0.00000361. The fourth-order valence-corrected chi connectivity index (χ4v) is 1.76. The number of hydrogen-bond acceptors (Lipinski definition) is 3. The smallest absolute Gasteiger partial charge is 0.222 e. The number of carbonyl (C=O) groups is 1. The van der Waals surface area contributed by atoms with Crippen LogP contribution in [-0.4, -0.2) is 26.1 Å². The molecule has 0 aliphatic carbocycles. The molecule has 1 aromatic rings. The van der Waals surface area contributed by atoms with E-state index in [1.807, 2.05) is 32.9 Å². The molecule has 1 rings (SSSR count). The van der Waals surface area contributed by atoms with Crippen molar-refractivity contribution in [2.75, 3.05) is 20.2 Å². The van der Waals surface area contributed by atoms with Gasteiger partial charge in [0.05, 0.1) is 7.11 Å². The molecule has 0 aliphatic rings. The lowest BCUT2D eigenvalue weighted by molar-refractivity contribution is -0.123. The first-order valence-corrected chi connectivity index (χ1v) is 6.66. The molecular formula is C15H25ClN2O2. The third-order valence-corrected chi connectivity index (χ3v) is 2.91. The number of amides is 1. The van der Waals surface area contributed by atoms with E-state index >= 15 is 0 Å². The first-order valence-electron chi connectivity index (χ1n) is 6.66. The van der Waals surface area contributed by atoms with Crippen LogP contribution in [0.25, 0.3) is 0 Å². The van der Waals surface area contributed by atoms with E-state index in [1.54, 1.807) is 7.11 Å². The Morgan fingerprint density at radius 1 is 1.30 bits per heavy atom. The van der Waals surface area contributed by atoms with Gasteiger partial charge in [0.1, 0.15) is 5.75 Å². The highest BCUT2D eigenvalue weighted by molar-refractivity contribution is 5.85. The number of benzene rings is 1. The molecule has 0 fully saturated rings. The number of aryl methyl sites for hydroxylation is 1. The summed E-state index contributed by atoms with van der Waals surface area (Å²) in [5.74, 6) is 1.05. The number of rotatable bonds is 7. The zero-order valence-corrected chi connectivity index (χ0v) is 13.5. The van der Waals surface area contributed by atoms with E-state index in [-0.39, 0.29) is 24.2 Å². The molecule has 5 heteroatoms. The highest BCUT2D eigenvalue weighted by Crippen LogP contribution is 2.18. The molecule has 0 heterocycles. The molecule has 2 N–H and O–H groups in total. The summed E-state index contributed by atoms with van der Waals surface area (Å²) in [6.45, 7) is 8.04. The fraction of sp³-hybridized carbons (Fsp3) is 0.533. The van der Waals surface area contributed by atoms with Gasteiger partial charge in [-0.15, -0.1) is 12.4 Å². The lowest BCUT2D eigenvalue weighted by Gasteiger charge is -2.10. The van der Waals surface area contributed by atoms with Crippen LogP contribution in [0.3, 0.4) is 0 Å². The average molecular weight is 301 g/mol. The summed E-state index contributed by atoms with van der Waals surface area (Å²) >= 11 is 0. The van der Waals surface area contributed by atoms with Gasteiger partial charge in [0.15, 0.2) is 0 Å². The molecule has 0 radical (unpaired) electrons. The van der Waals surface area contributed by atoms with E-state index in [0.29, 0.717) is 6.54 Å². The van der Waals surface area contributed by atoms with Gasteiger partial charge in [-0.3, -0.25) is 4.79 Å². The summed E-state index contributed by atoms with van der Waals surface area (Å²) in [5, 5.41) is 6.18. The second-order valence-corrected chi connectivity index (χ2v) is 4.93. The van der Waals surface area contributed by atoms with Gasteiger partial charge in [-0.1, -0.05) is 26.0 Å². The van der Waals surface area contributed by atoms with Crippen LogP contribution in [0, 0.1) is 12.8 Å². The summed E-state index contributed by atoms with van der Waals surface area (Å²) in [6.07, 6.45) is 0. The van der Waals surface area contributed by atoms with Crippen LogP contribution < -0.4 is 15.4 Å². The number of carbonyl (C=O) groups excluding carboxylic acids is 1. The van der Waals surface area contributed by atoms with Gasteiger partial charge in [-0.25, -0.2) is 0 Å². The van der Waals surface area contributed by atoms with E-state index in [9.17, 15) is 4.79 Å². The van der Waals surface area contributed by atoms with Crippen molar-refractivity contribution in [1.82, 2.24) is 10.6 Å². The van der Waals surface area contributed by atoms with Crippen LogP contribution in [0.1, 0.15) is 25.0 Å². The van der Waals surface area contributed by atoms with E-state index in [2.05, 4.69) is 16.7 Å². The molecule has 4 nitrogen and oxygen atoms in total. The van der Waals surface area contributed by atoms with Crippen LogP contribution in [-0.2, 0) is 11.3 Å². The predicted octanol–water partition coefficient (Wildman–Crippen LogP) is 2.29. The Kier molecular flexibility index (Phi) is 9.01. The Bertz CT molecular complexity index is 422. The molecule has 0 bridgehead atoms. The second kappa shape index (κ2) is 9.61. The Morgan fingerprint density at radius 3 is 2.55 bits per heavy atom. The zero-order chi connectivity index (χ0) is 14.3. The number of halogens is 1. The molecule has 114 valence electrons. The minimum absolute atomic E-state index is 0. The van der Waals surface area contributed by atoms with Gasteiger partial charge in [0, 0.05) is 25.6 Å². The third kappa shape index (κ3) is 6.26. The van der Waals surface area contributed by atoms with Crippen LogP contribution >= 0.6 is 12.4 Å². The van der Waals surface area contributed by atoms with Crippen LogP contribution in [0.2, 0.25) is 0 Å². The minimum Gasteiger partial charge on any atom is -0.496 e. The van der Waals surface area contributed by atoms with Gasteiger partial charge in [-0.05, 0) is 24.1 Å². The van der Waals surface area contributed by atoms with Crippen molar-refractivity contribution < 1.29 is 9.53 Å². The number of methoxy groups -OCH3 is 1. The Labute approximate surface area is 127 Å². The summed E-state index contributed by atoms with van der Waals surface area (Å²) in [7, 11) is 1.68. The normalized spacial score (nSPS) is 10.1. The summed E-state index contributed by atoms with van der Waals surface area (Å²) in [5.41, 5.74) is 2.35. The number of nitrogens with one attached hydrogen (secondary N) is 2. The van der Waals surface area contributed by atoms with Crippen molar-refractivity contribution in [3.05, 3.63) is 29.3 Å². The zero-order valence-electron chi connectivity index (χ0n) is 12.7. The van der Waals surface area contributed by atoms with Crippen molar-refractivity contribution in [2.45, 2.75) is 27.3 Å². The lowest BCUT2D eigenvalue weighted by Crippen LogP contribution is -2.34. The maximum absolute atomic E-state index is 11.3. The molecule has 0 atom stereocenters. The number of ether oxygens (including phenoxy) is 1. The Morgan fingerprint density at radius 2 is 2.00 bits per heavy atom. The maximum atomic E-state index is 11.3. The summed E-state index contributed by atoms with van der Waals surface area (Å²) in [4.78, 5) is 11.3. The van der Waals surface area contributed by atoms with Gasteiger partial charge >= 0.3 is 0 Å². The topological polar surface area (TPSA) is 50.4 Å². The van der Waals surface area contributed by atoms with Crippen molar-refractivity contribution in [3.8, 4) is 5.75 Å². The van der Waals surface area contributed by atoms with E-state index in [0.717, 1.165) is 24.4 Å². The largest absolute Gasteiger partial charge is 0.496 e. The molecule has 0 unspecified atom stereocenters. The van der Waals surface area contributed by atoms with Crippen LogP contribution in [0.5, 0.6) is 5.75 Å². The van der Waals surface area contributed by atoms with E-state index in [1.165, 1.54) is 5.56 Å². The van der Waals surface area contributed by atoms with Gasteiger partial charge in [0.25, 0.3) is 0 Å².